The first-order chi connectivity index (χ1) is 17.5. The molecular weight excluding hydrogens is 501 g/mol. The van der Waals surface area contributed by atoms with E-state index in [0.717, 1.165) is 6.07 Å². The molecule has 37 heavy (non-hydrogen) atoms. The van der Waals surface area contributed by atoms with Crippen molar-refractivity contribution in [2.24, 2.45) is 5.10 Å². The van der Waals surface area contributed by atoms with Crippen LogP contribution < -0.4 is 14.9 Å². The first-order valence-electron chi connectivity index (χ1n) is 10.4. The number of hydrazone groups is 1. The van der Waals surface area contributed by atoms with Crippen molar-refractivity contribution in [3.8, 4) is 17.2 Å². The molecule has 14 heteroatoms. The SMILES string of the molecule is CCOc1cc(/C=N\NC(=O)c2ccccc2[N+](=O)[O-])ccc1Oc1ccc(C(F)(F)F)cc1[N+](=O)[O-]. The highest BCUT2D eigenvalue weighted by molar-refractivity contribution is 5.98. The second-order valence-electron chi connectivity index (χ2n) is 7.15. The maximum absolute atomic E-state index is 13.0. The van der Waals surface area contributed by atoms with Crippen molar-refractivity contribution in [2.75, 3.05) is 6.61 Å². The molecule has 0 saturated heterocycles. The van der Waals surface area contributed by atoms with Crippen molar-refractivity contribution in [1.82, 2.24) is 5.43 Å². The summed E-state index contributed by atoms with van der Waals surface area (Å²) in [6.07, 6.45) is -3.57. The lowest BCUT2D eigenvalue weighted by Gasteiger charge is -2.13. The normalized spacial score (nSPS) is 11.2. The number of nitrogens with one attached hydrogen (secondary N) is 1. The Labute approximate surface area is 206 Å². The van der Waals surface area contributed by atoms with Crippen LogP contribution in [0.1, 0.15) is 28.4 Å². The van der Waals surface area contributed by atoms with Crippen LogP contribution in [0.2, 0.25) is 0 Å². The van der Waals surface area contributed by atoms with E-state index in [1.54, 1.807) is 6.92 Å². The number of amides is 1. The third kappa shape index (κ3) is 6.56. The fourth-order valence-corrected chi connectivity index (χ4v) is 3.05. The number of nitro benzene ring substituents is 2. The van der Waals surface area contributed by atoms with E-state index in [-0.39, 0.29) is 23.7 Å². The number of nitrogens with zero attached hydrogens (tertiary/aromatic N) is 3. The Kier molecular flexibility index (Phi) is 8.02. The van der Waals surface area contributed by atoms with E-state index in [9.17, 15) is 38.2 Å². The van der Waals surface area contributed by atoms with Crippen LogP contribution in [0.5, 0.6) is 17.2 Å². The predicted octanol–water partition coefficient (Wildman–Crippen LogP) is 5.48. The molecule has 0 aromatic heterocycles. The summed E-state index contributed by atoms with van der Waals surface area (Å²) >= 11 is 0. The van der Waals surface area contributed by atoms with Crippen LogP contribution in [0.4, 0.5) is 24.5 Å². The van der Waals surface area contributed by atoms with Gasteiger partial charge in [0.05, 0.1) is 28.2 Å². The largest absolute Gasteiger partial charge is 0.490 e. The summed E-state index contributed by atoms with van der Waals surface area (Å²) in [5, 5.41) is 26.2. The number of benzene rings is 3. The summed E-state index contributed by atoms with van der Waals surface area (Å²) in [7, 11) is 0. The van der Waals surface area contributed by atoms with E-state index in [0.29, 0.717) is 17.7 Å². The zero-order valence-corrected chi connectivity index (χ0v) is 18.9. The third-order valence-corrected chi connectivity index (χ3v) is 4.70. The molecule has 0 radical (unpaired) electrons. The van der Waals surface area contributed by atoms with Gasteiger partial charge in [-0.15, -0.1) is 0 Å². The van der Waals surface area contributed by atoms with Crippen LogP contribution in [-0.2, 0) is 6.18 Å². The molecule has 3 aromatic rings. The Balaban J connectivity index is 1.83. The molecule has 0 heterocycles. The fourth-order valence-electron chi connectivity index (χ4n) is 3.05. The number of nitro groups is 2. The third-order valence-electron chi connectivity index (χ3n) is 4.70. The van der Waals surface area contributed by atoms with E-state index in [1.165, 1.54) is 48.7 Å². The second kappa shape index (κ2) is 11.2. The van der Waals surface area contributed by atoms with E-state index >= 15 is 0 Å². The lowest BCUT2D eigenvalue weighted by atomic mass is 10.1. The monoisotopic (exact) mass is 518 g/mol. The fraction of sp³-hybridized carbons (Fsp3) is 0.130. The lowest BCUT2D eigenvalue weighted by Crippen LogP contribution is -2.18. The highest BCUT2D eigenvalue weighted by Crippen LogP contribution is 2.40. The van der Waals surface area contributed by atoms with Crippen LogP contribution in [0.25, 0.3) is 0 Å². The maximum Gasteiger partial charge on any atom is 0.416 e. The quantitative estimate of drug-likeness (QED) is 0.224. The highest BCUT2D eigenvalue weighted by atomic mass is 19.4. The van der Waals surface area contributed by atoms with E-state index in [4.69, 9.17) is 9.47 Å². The molecule has 3 aromatic carbocycles. The van der Waals surface area contributed by atoms with Gasteiger partial charge in [0.15, 0.2) is 11.5 Å². The molecule has 0 aliphatic rings. The summed E-state index contributed by atoms with van der Waals surface area (Å²) < 4.78 is 49.8. The maximum atomic E-state index is 13.0. The molecule has 1 amide bonds. The molecule has 1 N–H and O–H groups in total. The Morgan fingerprint density at radius 2 is 1.65 bits per heavy atom. The lowest BCUT2D eigenvalue weighted by molar-refractivity contribution is -0.385. The minimum atomic E-state index is -4.78. The van der Waals surface area contributed by atoms with Crippen LogP contribution in [0.3, 0.4) is 0 Å². The van der Waals surface area contributed by atoms with Crippen LogP contribution >= 0.6 is 0 Å². The summed E-state index contributed by atoms with van der Waals surface area (Å²) in [6.45, 7) is 1.80. The average molecular weight is 518 g/mol. The van der Waals surface area contributed by atoms with Gasteiger partial charge in [-0.2, -0.15) is 18.3 Å². The molecule has 0 aliphatic carbocycles. The predicted molar refractivity (Wildman–Crippen MR) is 124 cm³/mol. The number of carbonyl (C=O) groups excluding carboxylic acids is 1. The van der Waals surface area contributed by atoms with Gasteiger partial charge in [-0.05, 0) is 48.9 Å². The zero-order chi connectivity index (χ0) is 27.2. The smallest absolute Gasteiger partial charge is 0.416 e. The first kappa shape index (κ1) is 26.6. The Morgan fingerprint density at radius 1 is 0.973 bits per heavy atom. The van der Waals surface area contributed by atoms with Crippen molar-refractivity contribution >= 4 is 23.5 Å². The first-order valence-corrected chi connectivity index (χ1v) is 10.4. The summed E-state index contributed by atoms with van der Waals surface area (Å²) in [4.78, 5) is 33.0. The van der Waals surface area contributed by atoms with Crippen molar-refractivity contribution < 1.29 is 37.3 Å². The van der Waals surface area contributed by atoms with Crippen molar-refractivity contribution in [1.29, 1.82) is 0 Å². The minimum Gasteiger partial charge on any atom is -0.490 e. The van der Waals surface area contributed by atoms with Crippen LogP contribution in [-0.4, -0.2) is 28.6 Å². The van der Waals surface area contributed by atoms with Gasteiger partial charge in [-0.25, -0.2) is 5.43 Å². The molecule has 0 atom stereocenters. The summed E-state index contributed by atoms with van der Waals surface area (Å²) in [6, 6.07) is 11.4. The number of hydrogen-bond donors (Lipinski definition) is 1. The number of carbonyl (C=O) groups is 1. The van der Waals surface area contributed by atoms with E-state index in [2.05, 4.69) is 10.5 Å². The van der Waals surface area contributed by atoms with Crippen LogP contribution in [0, 0.1) is 20.2 Å². The van der Waals surface area contributed by atoms with E-state index in [1.807, 2.05) is 0 Å². The van der Waals surface area contributed by atoms with Gasteiger partial charge >= 0.3 is 11.9 Å². The minimum absolute atomic E-state index is 0.0224. The second-order valence-corrected chi connectivity index (χ2v) is 7.15. The Bertz CT molecular complexity index is 1380. The van der Waals surface area contributed by atoms with Gasteiger partial charge in [0.1, 0.15) is 5.56 Å². The molecule has 192 valence electrons. The molecule has 0 bridgehead atoms. The molecule has 0 fully saturated rings. The van der Waals surface area contributed by atoms with E-state index < -0.39 is 44.6 Å². The highest BCUT2D eigenvalue weighted by Gasteiger charge is 2.33. The Morgan fingerprint density at radius 3 is 2.30 bits per heavy atom. The topological polar surface area (TPSA) is 146 Å². The summed E-state index contributed by atoms with van der Waals surface area (Å²) in [5.74, 6) is -1.18. The molecule has 11 nitrogen and oxygen atoms in total. The molecule has 0 saturated carbocycles. The van der Waals surface area contributed by atoms with Gasteiger partial charge in [-0.3, -0.25) is 25.0 Å². The van der Waals surface area contributed by atoms with Crippen molar-refractivity contribution in [3.05, 3.63) is 97.6 Å². The molecule has 0 spiro atoms. The number of hydrogen-bond acceptors (Lipinski definition) is 8. The van der Waals surface area contributed by atoms with Gasteiger partial charge in [-0.1, -0.05) is 12.1 Å². The zero-order valence-electron chi connectivity index (χ0n) is 18.9. The molecular formula is C23H17F3N4O7. The molecule has 0 unspecified atom stereocenters. The van der Waals surface area contributed by atoms with Gasteiger partial charge in [0, 0.05) is 12.1 Å². The average Bonchev–Trinajstić information content (AvgIpc) is 2.85. The number of rotatable bonds is 9. The molecule has 3 rings (SSSR count). The van der Waals surface area contributed by atoms with Crippen molar-refractivity contribution in [2.45, 2.75) is 13.1 Å². The van der Waals surface area contributed by atoms with Crippen molar-refractivity contribution in [3.63, 3.8) is 0 Å². The standard InChI is InChI=1S/C23H17F3N4O7/c1-2-36-21-11-14(13-27-28-22(31)16-5-3-4-6-17(16)29(32)33)7-9-20(21)37-19-10-8-15(23(24,25)26)12-18(19)30(34)35/h3-13H,2H2,1H3,(H,28,31)/b27-13-. The molecule has 0 aliphatic heterocycles. The number of halogens is 3. The van der Waals surface area contributed by atoms with Gasteiger partial charge in [0.25, 0.3) is 11.6 Å². The number of ether oxygens (including phenoxy) is 2. The number of alkyl halides is 3. The van der Waals surface area contributed by atoms with Gasteiger partial charge in [0.2, 0.25) is 5.75 Å². The summed E-state index contributed by atoms with van der Waals surface area (Å²) in [5.41, 5.74) is -0.131. The van der Waals surface area contributed by atoms with Crippen LogP contribution in [0.15, 0.2) is 65.8 Å². The number of para-hydroxylation sites is 1. The van der Waals surface area contributed by atoms with Gasteiger partial charge < -0.3 is 9.47 Å². The Hall–Kier alpha value is -5.01.